The normalized spacial score (nSPS) is 25.0. The lowest BCUT2D eigenvalue weighted by atomic mass is 9.89. The minimum absolute atomic E-state index is 0.0356. The summed E-state index contributed by atoms with van der Waals surface area (Å²) in [4.78, 5) is 55.1. The van der Waals surface area contributed by atoms with E-state index in [1.165, 1.54) is 0 Å². The summed E-state index contributed by atoms with van der Waals surface area (Å²) >= 11 is 1.86. The van der Waals surface area contributed by atoms with Crippen LogP contribution in [-0.2, 0) is 44.9 Å². The van der Waals surface area contributed by atoms with E-state index >= 15 is 0 Å². The van der Waals surface area contributed by atoms with E-state index in [2.05, 4.69) is 33.8 Å². The second-order valence-electron chi connectivity index (χ2n) is 12.1. The van der Waals surface area contributed by atoms with E-state index in [1.54, 1.807) is 6.08 Å². The molecule has 10 nitrogen and oxygen atoms in total. The molecule has 5 rings (SSSR count). The number of carboxylic acid groups (broad SMARTS) is 2. The minimum atomic E-state index is -0.911. The molecule has 0 radical (unpaired) electrons. The zero-order valence-electron chi connectivity index (χ0n) is 25.3. The van der Waals surface area contributed by atoms with Crippen molar-refractivity contribution in [3.63, 3.8) is 0 Å². The van der Waals surface area contributed by atoms with Crippen molar-refractivity contribution in [3.8, 4) is 0 Å². The summed E-state index contributed by atoms with van der Waals surface area (Å²) in [6, 6.07) is -0.362. The summed E-state index contributed by atoms with van der Waals surface area (Å²) in [5, 5.41) is 27.0. The molecule has 0 spiro atoms. The Morgan fingerprint density at radius 3 is 2.23 bits per heavy atom. The van der Waals surface area contributed by atoms with Gasteiger partial charge in [0.05, 0.1) is 12.1 Å². The van der Waals surface area contributed by atoms with E-state index in [0.717, 1.165) is 50.4 Å². The zero-order valence-corrected chi connectivity index (χ0v) is 26.2. The van der Waals surface area contributed by atoms with Crippen LogP contribution in [0.3, 0.4) is 0 Å². The number of hydrogen-bond donors (Lipinski definition) is 6. The van der Waals surface area contributed by atoms with Crippen LogP contribution in [0.4, 0.5) is 0 Å². The molecule has 3 aliphatic rings. The molecule has 2 amide bonds. The van der Waals surface area contributed by atoms with E-state index in [9.17, 15) is 29.4 Å². The van der Waals surface area contributed by atoms with Gasteiger partial charge in [0.15, 0.2) is 0 Å². The van der Waals surface area contributed by atoms with Gasteiger partial charge in [-0.25, -0.2) is 0 Å². The number of carboxylic acids is 2. The molecule has 234 valence electrons. The summed E-state index contributed by atoms with van der Waals surface area (Å²) in [5.41, 5.74) is 6.69. The summed E-state index contributed by atoms with van der Waals surface area (Å²) in [6.45, 7) is 13.9. The number of aliphatic carboxylic acids is 2. The number of H-pyrrole nitrogens is 2. The molecule has 2 saturated heterocycles. The Morgan fingerprint density at radius 1 is 1.00 bits per heavy atom. The highest BCUT2D eigenvalue weighted by Crippen LogP contribution is 2.44. The number of aromatic amines is 2. The lowest BCUT2D eigenvalue weighted by Crippen LogP contribution is -2.34. The van der Waals surface area contributed by atoms with Crippen molar-refractivity contribution in [3.05, 3.63) is 68.1 Å². The lowest BCUT2D eigenvalue weighted by molar-refractivity contribution is -0.138. The minimum Gasteiger partial charge on any atom is -0.481 e. The van der Waals surface area contributed by atoms with E-state index in [0.29, 0.717) is 35.3 Å². The average molecular weight is 621 g/mol. The first-order valence-electron chi connectivity index (χ1n) is 15.0. The fourth-order valence-electron chi connectivity index (χ4n) is 6.76. The number of carbonyl (C=O) groups is 4. The largest absolute Gasteiger partial charge is 0.481 e. The van der Waals surface area contributed by atoms with Gasteiger partial charge in [-0.1, -0.05) is 26.2 Å². The number of hydrogen-bond acceptors (Lipinski definition) is 5. The van der Waals surface area contributed by atoms with Crippen LogP contribution in [0.25, 0.3) is 12.7 Å². The predicted octanol–water partition coefficient (Wildman–Crippen LogP) is 1.88. The van der Waals surface area contributed by atoms with Gasteiger partial charge in [0.25, 0.3) is 5.91 Å². The fraction of sp³-hybridized carbons (Fsp3) is 0.455. The van der Waals surface area contributed by atoms with E-state index in [1.807, 2.05) is 38.6 Å². The van der Waals surface area contributed by atoms with Gasteiger partial charge < -0.3 is 30.8 Å². The molecule has 1 unspecified atom stereocenters. The van der Waals surface area contributed by atoms with Crippen LogP contribution in [0.15, 0.2) is 23.8 Å². The third-order valence-corrected chi connectivity index (χ3v) is 10.4. The molecule has 0 aliphatic carbocycles. The van der Waals surface area contributed by atoms with Gasteiger partial charge in [0.1, 0.15) is 0 Å². The number of aromatic nitrogens is 2. The Kier molecular flexibility index (Phi) is 8.97. The van der Waals surface area contributed by atoms with Crippen molar-refractivity contribution in [2.45, 2.75) is 76.6 Å². The fourth-order valence-corrected chi connectivity index (χ4v) is 7.72. The van der Waals surface area contributed by atoms with E-state index in [-0.39, 0.29) is 55.0 Å². The second kappa shape index (κ2) is 12.6. The Labute approximate surface area is 260 Å². The third kappa shape index (κ3) is 6.29. The van der Waals surface area contributed by atoms with Crippen LogP contribution in [0.1, 0.15) is 60.5 Å². The number of rotatable bonds is 13. The molecule has 11 heteroatoms. The SMILES string of the molecule is C=CC1=C(C)[C@@H](Cc2[nH]c(Cc3[nH]/c(=C/C4NC(=O)[C@H](C)[C@H]4[C@@H]4CS4)c(=C)c3CCC(=O)O)c(CCC(=O)O)c2C)NC1=O. The molecule has 5 atom stereocenters. The molecule has 5 heterocycles. The monoisotopic (exact) mass is 620 g/mol. The number of thioether (sulfide) groups is 1. The first-order valence-corrected chi connectivity index (χ1v) is 16.0. The van der Waals surface area contributed by atoms with E-state index < -0.39 is 11.9 Å². The van der Waals surface area contributed by atoms with Crippen LogP contribution in [0.2, 0.25) is 0 Å². The maximum atomic E-state index is 12.6. The molecule has 2 aromatic rings. The third-order valence-electron chi connectivity index (χ3n) is 9.40. The van der Waals surface area contributed by atoms with Crippen LogP contribution in [0, 0.1) is 18.8 Å². The molecule has 44 heavy (non-hydrogen) atoms. The quantitative estimate of drug-likeness (QED) is 0.186. The molecular weight excluding hydrogens is 580 g/mol. The summed E-state index contributed by atoms with van der Waals surface area (Å²) in [6.07, 6.45) is 4.98. The van der Waals surface area contributed by atoms with Crippen molar-refractivity contribution in [1.82, 2.24) is 20.6 Å². The molecular formula is C33H40N4O6S. The standard InChI is InChI=1S/C33H40N4O6S/c1-6-19-15(2)24(36-33(19)43)11-22-16(3)20(7-9-29(38)39)25(34-22)13-26-21(8-10-30(40)41)17(4)23(35-26)12-27-31(28-14-44-28)18(5)32(42)37-27/h6,12,18,24,27-28,31,34-35H,1,4,7-11,13-14H2,2-3,5H3,(H,36,43)(H,37,42)(H,38,39)(H,40,41)/b23-12+/t18-,24-,27?,28+,31-/m1/s1. The summed E-state index contributed by atoms with van der Waals surface area (Å²) < 4.78 is 0. The van der Waals surface area contributed by atoms with Crippen LogP contribution >= 0.6 is 11.8 Å². The Morgan fingerprint density at radius 2 is 1.64 bits per heavy atom. The molecule has 3 aliphatic heterocycles. The maximum absolute atomic E-state index is 12.6. The molecule has 0 saturated carbocycles. The van der Waals surface area contributed by atoms with Gasteiger partial charge in [-0.05, 0) is 60.2 Å². The summed E-state index contributed by atoms with van der Waals surface area (Å²) in [5.74, 6) is -0.811. The van der Waals surface area contributed by atoms with Gasteiger partial charge in [0, 0.05) is 76.5 Å². The predicted molar refractivity (Wildman–Crippen MR) is 170 cm³/mol. The topological polar surface area (TPSA) is 164 Å². The highest BCUT2D eigenvalue weighted by molar-refractivity contribution is 8.06. The molecule has 2 fully saturated rings. The number of nitrogens with one attached hydrogen (secondary N) is 4. The summed E-state index contributed by atoms with van der Waals surface area (Å²) in [7, 11) is 0. The smallest absolute Gasteiger partial charge is 0.303 e. The van der Waals surface area contributed by atoms with Crippen molar-refractivity contribution in [2.24, 2.45) is 11.8 Å². The van der Waals surface area contributed by atoms with Crippen molar-refractivity contribution in [1.29, 1.82) is 0 Å². The first-order chi connectivity index (χ1) is 20.9. The van der Waals surface area contributed by atoms with Crippen LogP contribution in [0.5, 0.6) is 0 Å². The Hall–Kier alpha value is -3.99. The number of carbonyl (C=O) groups excluding carboxylic acids is 2. The highest BCUT2D eigenvalue weighted by atomic mass is 32.2. The van der Waals surface area contributed by atoms with Crippen molar-refractivity contribution in [2.75, 3.05) is 5.75 Å². The van der Waals surface area contributed by atoms with E-state index in [4.69, 9.17) is 0 Å². The van der Waals surface area contributed by atoms with Gasteiger partial charge in [-0.2, -0.15) is 11.8 Å². The van der Waals surface area contributed by atoms with Crippen LogP contribution in [-0.4, -0.2) is 67.0 Å². The Balaban J connectivity index is 1.52. The molecule has 0 aromatic carbocycles. The van der Waals surface area contributed by atoms with Gasteiger partial charge >= 0.3 is 11.9 Å². The molecule has 2 aromatic heterocycles. The zero-order chi connectivity index (χ0) is 31.9. The Bertz CT molecular complexity index is 1680. The van der Waals surface area contributed by atoms with Crippen molar-refractivity contribution < 1.29 is 29.4 Å². The lowest BCUT2D eigenvalue weighted by Gasteiger charge is -2.16. The van der Waals surface area contributed by atoms with Crippen molar-refractivity contribution >= 4 is 48.2 Å². The first kappa shape index (κ1) is 31.4. The van der Waals surface area contributed by atoms with Gasteiger partial charge in [0.2, 0.25) is 5.91 Å². The second-order valence-corrected chi connectivity index (χ2v) is 13.4. The van der Waals surface area contributed by atoms with Gasteiger partial charge in [-0.15, -0.1) is 0 Å². The average Bonchev–Trinajstić information content (AvgIpc) is 3.53. The molecule has 6 N–H and O–H groups in total. The maximum Gasteiger partial charge on any atom is 0.303 e. The van der Waals surface area contributed by atoms with Crippen LogP contribution < -0.4 is 21.2 Å². The highest BCUT2D eigenvalue weighted by Gasteiger charge is 2.47. The van der Waals surface area contributed by atoms with Gasteiger partial charge in [-0.3, -0.25) is 19.2 Å². The number of amides is 2. The molecule has 0 bridgehead atoms.